The molecule has 1 atom stereocenters. The number of ketones is 1. The van der Waals surface area contributed by atoms with Crippen LogP contribution in [-0.4, -0.2) is 23.0 Å². The normalized spacial score (nSPS) is 25.6. The van der Waals surface area contributed by atoms with Gasteiger partial charge in [-0.25, -0.2) is 0 Å². The monoisotopic (exact) mass is 259 g/mol. The van der Waals surface area contributed by atoms with Crippen molar-refractivity contribution < 1.29 is 9.53 Å². The van der Waals surface area contributed by atoms with Crippen LogP contribution in [0.5, 0.6) is 0 Å². The highest BCUT2D eigenvalue weighted by Crippen LogP contribution is 2.42. The van der Waals surface area contributed by atoms with Crippen LogP contribution in [0.15, 0.2) is 18.5 Å². The van der Waals surface area contributed by atoms with E-state index in [1.807, 2.05) is 13.0 Å². The second kappa shape index (κ2) is 5.04. The molecular formula is C16H21NO2. The lowest BCUT2D eigenvalue weighted by Crippen LogP contribution is -2.39. The van der Waals surface area contributed by atoms with Crippen LogP contribution < -0.4 is 0 Å². The van der Waals surface area contributed by atoms with Crippen molar-refractivity contribution in [3.63, 3.8) is 0 Å². The summed E-state index contributed by atoms with van der Waals surface area (Å²) < 4.78 is 6.00. The third-order valence-corrected chi connectivity index (χ3v) is 4.54. The fourth-order valence-corrected chi connectivity index (χ4v) is 3.54. The van der Waals surface area contributed by atoms with Crippen molar-refractivity contribution in [3.8, 4) is 0 Å². The van der Waals surface area contributed by atoms with Gasteiger partial charge in [0.25, 0.3) is 0 Å². The first kappa shape index (κ1) is 12.8. The van der Waals surface area contributed by atoms with Crippen molar-refractivity contribution >= 4 is 5.78 Å². The fraction of sp³-hybridized carbons (Fsp3) is 0.625. The molecule has 1 saturated heterocycles. The van der Waals surface area contributed by atoms with Gasteiger partial charge in [0.1, 0.15) is 0 Å². The maximum Gasteiger partial charge on any atom is 0.167 e. The smallest absolute Gasteiger partial charge is 0.167 e. The van der Waals surface area contributed by atoms with E-state index in [1.54, 1.807) is 12.4 Å². The summed E-state index contributed by atoms with van der Waals surface area (Å²) in [5, 5.41) is 0. The van der Waals surface area contributed by atoms with E-state index < -0.39 is 0 Å². The number of rotatable bonds is 2. The molecule has 1 aliphatic heterocycles. The first-order valence-electron chi connectivity index (χ1n) is 7.28. The SMILES string of the molecule is Cc1cncc(C(=O)C2CCOC3(CCCC3)C2)c1. The molecule has 1 saturated carbocycles. The van der Waals surface area contributed by atoms with E-state index in [2.05, 4.69) is 4.98 Å². The number of aromatic nitrogens is 1. The van der Waals surface area contributed by atoms with Gasteiger partial charge in [-0.2, -0.15) is 0 Å². The van der Waals surface area contributed by atoms with Gasteiger partial charge < -0.3 is 4.74 Å². The predicted molar refractivity (Wildman–Crippen MR) is 73.2 cm³/mol. The molecule has 0 aromatic carbocycles. The van der Waals surface area contributed by atoms with E-state index >= 15 is 0 Å². The number of carbonyl (C=O) groups excluding carboxylic acids is 1. The van der Waals surface area contributed by atoms with Gasteiger partial charge in [-0.05, 0) is 44.2 Å². The number of hydrogen-bond acceptors (Lipinski definition) is 3. The fourth-order valence-electron chi connectivity index (χ4n) is 3.54. The van der Waals surface area contributed by atoms with Crippen LogP contribution in [0.25, 0.3) is 0 Å². The zero-order valence-electron chi connectivity index (χ0n) is 11.5. The highest BCUT2D eigenvalue weighted by Gasteiger charge is 2.41. The van der Waals surface area contributed by atoms with Gasteiger partial charge in [0, 0.05) is 30.5 Å². The van der Waals surface area contributed by atoms with E-state index in [4.69, 9.17) is 4.74 Å². The number of nitrogens with zero attached hydrogens (tertiary/aromatic N) is 1. The Morgan fingerprint density at radius 2 is 2.16 bits per heavy atom. The minimum atomic E-state index is 0.00975. The molecule has 2 heterocycles. The van der Waals surface area contributed by atoms with Crippen molar-refractivity contribution in [2.45, 2.75) is 51.0 Å². The number of Topliss-reactive ketones (excluding diaryl/α,β-unsaturated/α-hetero) is 1. The molecule has 102 valence electrons. The number of ether oxygens (including phenoxy) is 1. The van der Waals surface area contributed by atoms with Crippen LogP contribution in [-0.2, 0) is 4.74 Å². The maximum absolute atomic E-state index is 12.6. The molecule has 0 bridgehead atoms. The Labute approximate surface area is 114 Å². The molecule has 0 radical (unpaired) electrons. The molecule has 1 unspecified atom stereocenters. The van der Waals surface area contributed by atoms with E-state index in [1.165, 1.54) is 12.8 Å². The topological polar surface area (TPSA) is 39.2 Å². The van der Waals surface area contributed by atoms with Crippen molar-refractivity contribution in [1.82, 2.24) is 4.98 Å². The summed E-state index contributed by atoms with van der Waals surface area (Å²) in [5.74, 6) is 0.376. The lowest BCUT2D eigenvalue weighted by Gasteiger charge is -2.37. The third kappa shape index (κ3) is 2.57. The van der Waals surface area contributed by atoms with Crippen molar-refractivity contribution in [2.75, 3.05) is 6.61 Å². The highest BCUT2D eigenvalue weighted by molar-refractivity contribution is 5.97. The molecule has 1 aromatic rings. The van der Waals surface area contributed by atoms with Gasteiger partial charge in [-0.15, -0.1) is 0 Å². The lowest BCUT2D eigenvalue weighted by molar-refractivity contribution is -0.0866. The summed E-state index contributed by atoms with van der Waals surface area (Å²) >= 11 is 0. The Morgan fingerprint density at radius 1 is 1.37 bits per heavy atom. The van der Waals surface area contributed by atoms with E-state index in [-0.39, 0.29) is 17.3 Å². The van der Waals surface area contributed by atoms with Crippen molar-refractivity contribution in [3.05, 3.63) is 29.6 Å². The Morgan fingerprint density at radius 3 is 2.89 bits per heavy atom. The molecule has 3 nitrogen and oxygen atoms in total. The van der Waals surface area contributed by atoms with Gasteiger partial charge in [0.2, 0.25) is 0 Å². The number of carbonyl (C=O) groups is 1. The number of aryl methyl sites for hydroxylation is 1. The van der Waals surface area contributed by atoms with Gasteiger partial charge >= 0.3 is 0 Å². The summed E-state index contributed by atoms with van der Waals surface area (Å²) in [6.45, 7) is 2.71. The van der Waals surface area contributed by atoms with E-state index in [0.717, 1.165) is 43.4 Å². The van der Waals surface area contributed by atoms with Crippen LogP contribution in [0.2, 0.25) is 0 Å². The molecule has 19 heavy (non-hydrogen) atoms. The molecule has 3 heteroatoms. The third-order valence-electron chi connectivity index (χ3n) is 4.54. The molecule has 0 amide bonds. The Bertz CT molecular complexity index is 477. The predicted octanol–water partition coefficient (Wildman–Crippen LogP) is 3.31. The first-order chi connectivity index (χ1) is 9.19. The van der Waals surface area contributed by atoms with Gasteiger partial charge in [-0.3, -0.25) is 9.78 Å². The Balaban J connectivity index is 1.76. The average Bonchev–Trinajstić information content (AvgIpc) is 2.86. The minimum absolute atomic E-state index is 0.00975. The standard InChI is InChI=1S/C16H21NO2/c1-12-8-14(11-17-10-12)15(18)13-4-7-19-16(9-13)5-2-3-6-16/h8,10-11,13H,2-7,9H2,1H3. The number of hydrogen-bond donors (Lipinski definition) is 0. The summed E-state index contributed by atoms with van der Waals surface area (Å²) in [6, 6.07) is 1.95. The summed E-state index contributed by atoms with van der Waals surface area (Å²) in [5.41, 5.74) is 1.82. The minimum Gasteiger partial charge on any atom is -0.375 e. The summed E-state index contributed by atoms with van der Waals surface area (Å²) in [7, 11) is 0. The molecule has 1 aromatic heterocycles. The second-order valence-electron chi connectivity index (χ2n) is 6.04. The van der Waals surface area contributed by atoms with Gasteiger partial charge in [0.15, 0.2) is 5.78 Å². The Hall–Kier alpha value is -1.22. The second-order valence-corrected chi connectivity index (χ2v) is 6.04. The Kier molecular flexibility index (Phi) is 3.40. The zero-order valence-corrected chi connectivity index (χ0v) is 11.5. The first-order valence-corrected chi connectivity index (χ1v) is 7.28. The zero-order chi connectivity index (χ0) is 13.3. The summed E-state index contributed by atoms with van der Waals surface area (Å²) in [6.07, 6.45) is 9.99. The van der Waals surface area contributed by atoms with Crippen LogP contribution in [0.3, 0.4) is 0 Å². The lowest BCUT2D eigenvalue weighted by atomic mass is 9.81. The van der Waals surface area contributed by atoms with Gasteiger partial charge in [0.05, 0.1) is 5.60 Å². The molecule has 1 spiro atoms. The van der Waals surface area contributed by atoms with E-state index in [0.29, 0.717) is 0 Å². The molecule has 0 N–H and O–H groups in total. The molecule has 3 rings (SSSR count). The molecule has 2 aliphatic rings. The quantitative estimate of drug-likeness (QED) is 0.765. The molecule has 2 fully saturated rings. The maximum atomic E-state index is 12.6. The van der Waals surface area contributed by atoms with Crippen LogP contribution in [0, 0.1) is 12.8 Å². The number of pyridine rings is 1. The molecule has 1 aliphatic carbocycles. The van der Waals surface area contributed by atoms with Crippen LogP contribution in [0.4, 0.5) is 0 Å². The van der Waals surface area contributed by atoms with Gasteiger partial charge in [-0.1, -0.05) is 12.8 Å². The van der Waals surface area contributed by atoms with Crippen LogP contribution in [0.1, 0.15) is 54.4 Å². The highest BCUT2D eigenvalue weighted by atomic mass is 16.5. The van der Waals surface area contributed by atoms with Crippen molar-refractivity contribution in [1.29, 1.82) is 0 Å². The van der Waals surface area contributed by atoms with E-state index in [9.17, 15) is 4.79 Å². The molecular weight excluding hydrogens is 238 g/mol. The van der Waals surface area contributed by atoms with Crippen molar-refractivity contribution in [2.24, 2.45) is 5.92 Å². The summed E-state index contributed by atoms with van der Waals surface area (Å²) in [4.78, 5) is 16.7. The average molecular weight is 259 g/mol. The largest absolute Gasteiger partial charge is 0.375 e. The van der Waals surface area contributed by atoms with Crippen LogP contribution >= 0.6 is 0 Å².